The van der Waals surface area contributed by atoms with Crippen molar-refractivity contribution in [1.29, 1.82) is 0 Å². The Morgan fingerprint density at radius 1 is 1.26 bits per heavy atom. The number of halogens is 2. The van der Waals surface area contributed by atoms with Gasteiger partial charge in [0.15, 0.2) is 17.9 Å². The zero-order valence-electron chi connectivity index (χ0n) is 14.9. The largest absolute Gasteiger partial charge is 0.392 e. The molecule has 2 aliphatic rings. The van der Waals surface area contributed by atoms with Crippen molar-refractivity contribution < 1.29 is 23.4 Å². The van der Waals surface area contributed by atoms with Crippen molar-refractivity contribution >= 4 is 5.82 Å². The zero-order valence-corrected chi connectivity index (χ0v) is 14.9. The first-order valence-corrected chi connectivity index (χ1v) is 9.22. The summed E-state index contributed by atoms with van der Waals surface area (Å²) in [7, 11) is 0. The number of aliphatic hydroxyl groups excluding tert-OH is 1. The second-order valence-corrected chi connectivity index (χ2v) is 6.93. The Hall–Kier alpha value is -2.09. The predicted molar refractivity (Wildman–Crippen MR) is 96.2 cm³/mol. The van der Waals surface area contributed by atoms with Crippen molar-refractivity contribution in [2.24, 2.45) is 0 Å². The van der Waals surface area contributed by atoms with Gasteiger partial charge in [0, 0.05) is 42.6 Å². The number of rotatable bonds is 5. The van der Waals surface area contributed by atoms with Crippen LogP contribution in [0.2, 0.25) is 0 Å². The number of hydrogen-bond donors (Lipinski definition) is 1. The van der Waals surface area contributed by atoms with E-state index in [1.165, 1.54) is 18.3 Å². The fourth-order valence-corrected chi connectivity index (χ4v) is 3.47. The summed E-state index contributed by atoms with van der Waals surface area (Å²) in [4.78, 5) is 5.99. The Balaban J connectivity index is 1.43. The second-order valence-electron chi connectivity index (χ2n) is 6.93. The van der Waals surface area contributed by atoms with E-state index in [1.54, 1.807) is 17.0 Å². The number of ether oxygens (including phenoxy) is 2. The molecule has 2 aliphatic heterocycles. The molecule has 1 atom stereocenters. The molecular formula is C20H22F2N2O3. The minimum Gasteiger partial charge on any atom is -0.392 e. The van der Waals surface area contributed by atoms with Crippen LogP contribution >= 0.6 is 0 Å². The van der Waals surface area contributed by atoms with Gasteiger partial charge in [0.05, 0.1) is 12.7 Å². The second kappa shape index (κ2) is 7.88. The molecule has 4 rings (SSSR count). The van der Waals surface area contributed by atoms with Crippen molar-refractivity contribution in [2.75, 3.05) is 24.6 Å². The first-order chi connectivity index (χ1) is 13.2. The molecule has 27 heavy (non-hydrogen) atoms. The Morgan fingerprint density at radius 2 is 2.11 bits per heavy atom. The molecule has 0 radical (unpaired) electrons. The summed E-state index contributed by atoms with van der Waals surface area (Å²) >= 11 is 0. The third-order valence-electron chi connectivity index (χ3n) is 5.01. The quantitative estimate of drug-likeness (QED) is 0.868. The topological polar surface area (TPSA) is 54.8 Å². The van der Waals surface area contributed by atoms with E-state index in [0.29, 0.717) is 18.7 Å². The molecule has 7 heteroatoms. The third-order valence-corrected chi connectivity index (χ3v) is 5.01. The molecule has 0 aliphatic carbocycles. The summed E-state index contributed by atoms with van der Waals surface area (Å²) in [5.41, 5.74) is 0.733. The summed E-state index contributed by atoms with van der Waals surface area (Å²) in [6.45, 7) is 1.43. The van der Waals surface area contributed by atoms with Crippen molar-refractivity contribution in [1.82, 2.24) is 4.98 Å². The highest BCUT2D eigenvalue weighted by molar-refractivity contribution is 5.66. The van der Waals surface area contributed by atoms with Crippen LogP contribution in [-0.2, 0) is 16.1 Å². The Bertz CT molecular complexity index is 806. The normalized spacial score (nSPS) is 20.6. The molecule has 2 aromatic rings. The molecule has 5 nitrogen and oxygen atoms in total. The molecule has 0 saturated carbocycles. The van der Waals surface area contributed by atoms with Crippen LogP contribution in [0.4, 0.5) is 14.6 Å². The van der Waals surface area contributed by atoms with Crippen LogP contribution in [0.1, 0.15) is 24.8 Å². The first kappa shape index (κ1) is 18.3. The van der Waals surface area contributed by atoms with Crippen LogP contribution in [0.5, 0.6) is 0 Å². The van der Waals surface area contributed by atoms with Crippen LogP contribution in [0.3, 0.4) is 0 Å². The fourth-order valence-electron chi connectivity index (χ4n) is 3.47. The number of aliphatic hydroxyl groups is 1. The van der Waals surface area contributed by atoms with Crippen LogP contribution in [-0.4, -0.2) is 42.2 Å². The van der Waals surface area contributed by atoms with Gasteiger partial charge in [-0.25, -0.2) is 13.8 Å². The molecule has 2 saturated heterocycles. The predicted octanol–water partition coefficient (Wildman–Crippen LogP) is 3.25. The molecule has 1 aromatic carbocycles. The van der Waals surface area contributed by atoms with E-state index >= 15 is 0 Å². The van der Waals surface area contributed by atoms with Gasteiger partial charge in [-0.2, -0.15) is 0 Å². The SMILES string of the molecule is OCc1cccc(-c2cnc(N3CC(OC4CCCCO4)C3)c(F)c2)c1F. The monoisotopic (exact) mass is 376 g/mol. The highest BCUT2D eigenvalue weighted by Crippen LogP contribution is 2.30. The van der Waals surface area contributed by atoms with E-state index < -0.39 is 18.2 Å². The van der Waals surface area contributed by atoms with E-state index in [-0.39, 0.29) is 29.3 Å². The molecule has 0 bridgehead atoms. The van der Waals surface area contributed by atoms with E-state index in [0.717, 1.165) is 25.9 Å². The van der Waals surface area contributed by atoms with E-state index in [2.05, 4.69) is 4.98 Å². The van der Waals surface area contributed by atoms with Crippen LogP contribution < -0.4 is 4.90 Å². The summed E-state index contributed by atoms with van der Waals surface area (Å²) < 4.78 is 40.3. The lowest BCUT2D eigenvalue weighted by Crippen LogP contribution is -2.54. The van der Waals surface area contributed by atoms with Gasteiger partial charge in [0.1, 0.15) is 5.82 Å². The Morgan fingerprint density at radius 3 is 2.81 bits per heavy atom. The fraction of sp³-hybridized carbons (Fsp3) is 0.450. The highest BCUT2D eigenvalue weighted by atomic mass is 19.1. The van der Waals surface area contributed by atoms with E-state index in [4.69, 9.17) is 9.47 Å². The maximum absolute atomic E-state index is 14.6. The maximum Gasteiger partial charge on any atom is 0.166 e. The number of anilines is 1. The van der Waals surface area contributed by atoms with Gasteiger partial charge in [-0.3, -0.25) is 0 Å². The van der Waals surface area contributed by atoms with Gasteiger partial charge in [-0.1, -0.05) is 18.2 Å². The number of nitrogens with zero attached hydrogens (tertiary/aromatic N) is 2. The lowest BCUT2D eigenvalue weighted by Gasteiger charge is -2.41. The van der Waals surface area contributed by atoms with Gasteiger partial charge in [0.25, 0.3) is 0 Å². The average Bonchev–Trinajstić information content (AvgIpc) is 2.66. The molecule has 144 valence electrons. The minimum absolute atomic E-state index is 0.00709. The van der Waals surface area contributed by atoms with Crippen LogP contribution in [0, 0.1) is 11.6 Å². The molecule has 0 spiro atoms. The van der Waals surface area contributed by atoms with Gasteiger partial charge in [-0.15, -0.1) is 0 Å². The summed E-state index contributed by atoms with van der Waals surface area (Å²) in [6.07, 6.45) is 4.37. The number of hydrogen-bond acceptors (Lipinski definition) is 5. The molecule has 2 fully saturated rings. The molecule has 3 heterocycles. The lowest BCUT2D eigenvalue weighted by atomic mass is 10.0. The standard InChI is InChI=1S/C20H22F2N2O3/c21-17-8-14(16-5-3-4-13(12-25)19(16)22)9-23-20(17)24-10-15(11-24)27-18-6-1-2-7-26-18/h3-5,8-9,15,18,25H,1-2,6-7,10-12H2. The zero-order chi connectivity index (χ0) is 18.8. The maximum atomic E-state index is 14.6. The van der Waals surface area contributed by atoms with E-state index in [1.807, 2.05) is 0 Å². The summed E-state index contributed by atoms with van der Waals surface area (Å²) in [5.74, 6) is -0.825. The minimum atomic E-state index is -0.557. The smallest absolute Gasteiger partial charge is 0.166 e. The number of pyridine rings is 1. The molecule has 0 amide bonds. The third kappa shape index (κ3) is 3.81. The van der Waals surface area contributed by atoms with Gasteiger partial charge in [0.2, 0.25) is 0 Å². The molecule has 1 unspecified atom stereocenters. The lowest BCUT2D eigenvalue weighted by molar-refractivity contribution is -0.192. The van der Waals surface area contributed by atoms with Gasteiger partial charge < -0.3 is 19.5 Å². The van der Waals surface area contributed by atoms with Crippen molar-refractivity contribution in [3.05, 3.63) is 47.7 Å². The van der Waals surface area contributed by atoms with Gasteiger partial charge >= 0.3 is 0 Å². The number of aromatic nitrogens is 1. The van der Waals surface area contributed by atoms with E-state index in [9.17, 15) is 13.9 Å². The summed E-state index contributed by atoms with van der Waals surface area (Å²) in [6, 6.07) is 5.94. The Kier molecular flexibility index (Phi) is 5.33. The van der Waals surface area contributed by atoms with Crippen molar-refractivity contribution in [3.63, 3.8) is 0 Å². The molecule has 1 aromatic heterocycles. The van der Waals surface area contributed by atoms with Crippen molar-refractivity contribution in [2.45, 2.75) is 38.3 Å². The highest BCUT2D eigenvalue weighted by Gasteiger charge is 2.33. The number of benzene rings is 1. The summed E-state index contributed by atoms with van der Waals surface area (Å²) in [5, 5.41) is 9.19. The molecule has 1 N–H and O–H groups in total. The Labute approximate surface area is 156 Å². The molecular weight excluding hydrogens is 354 g/mol. The first-order valence-electron chi connectivity index (χ1n) is 9.22. The van der Waals surface area contributed by atoms with Crippen LogP contribution in [0.25, 0.3) is 11.1 Å². The van der Waals surface area contributed by atoms with Crippen LogP contribution in [0.15, 0.2) is 30.5 Å². The van der Waals surface area contributed by atoms with Gasteiger partial charge in [-0.05, 0) is 25.3 Å². The average molecular weight is 376 g/mol. The van der Waals surface area contributed by atoms with Crippen molar-refractivity contribution in [3.8, 4) is 11.1 Å².